The Labute approximate surface area is 111 Å². The molecule has 0 saturated heterocycles. The number of nitrogens with zero attached hydrogens (tertiary/aromatic N) is 2. The van der Waals surface area contributed by atoms with Gasteiger partial charge in [-0.15, -0.1) is 0 Å². The number of aromatic amines is 1. The number of amides is 1. The third kappa shape index (κ3) is 3.04. The molecule has 1 aromatic heterocycles. The molecule has 2 rings (SSSR count). The van der Waals surface area contributed by atoms with Crippen LogP contribution in [-0.4, -0.2) is 32.3 Å². The molecule has 98 valence electrons. The molecule has 1 heterocycles. The predicted molar refractivity (Wildman–Crippen MR) is 71.0 cm³/mol. The summed E-state index contributed by atoms with van der Waals surface area (Å²) in [6.45, 7) is 0. The van der Waals surface area contributed by atoms with E-state index in [1.165, 1.54) is 25.5 Å². The van der Waals surface area contributed by atoms with E-state index in [4.69, 9.17) is 18.0 Å². The molecule has 1 saturated carbocycles. The minimum atomic E-state index is -0.285. The van der Waals surface area contributed by atoms with Crippen molar-refractivity contribution in [3.63, 3.8) is 0 Å². The number of nitrogens with one attached hydrogen (secondary N) is 2. The molecule has 18 heavy (non-hydrogen) atoms. The van der Waals surface area contributed by atoms with Gasteiger partial charge in [0.1, 0.15) is 0 Å². The van der Waals surface area contributed by atoms with E-state index in [9.17, 15) is 4.79 Å². The van der Waals surface area contributed by atoms with Gasteiger partial charge in [-0.05, 0) is 18.8 Å². The van der Waals surface area contributed by atoms with Crippen LogP contribution in [0.3, 0.4) is 0 Å². The van der Waals surface area contributed by atoms with Crippen molar-refractivity contribution in [3.05, 3.63) is 11.9 Å². The molecule has 1 aliphatic carbocycles. The van der Waals surface area contributed by atoms with Gasteiger partial charge in [-0.2, -0.15) is 15.4 Å². The summed E-state index contributed by atoms with van der Waals surface area (Å²) < 4.78 is 0. The quantitative estimate of drug-likeness (QED) is 0.700. The first-order chi connectivity index (χ1) is 8.68. The Bertz CT molecular complexity index is 413. The molecule has 4 N–H and O–H groups in total. The summed E-state index contributed by atoms with van der Waals surface area (Å²) in [6.07, 6.45) is 7.08. The average molecular weight is 267 g/mol. The number of rotatable bonds is 4. The third-order valence-electron chi connectivity index (χ3n) is 3.36. The minimum absolute atomic E-state index is 0.246. The zero-order chi connectivity index (χ0) is 13.0. The van der Waals surface area contributed by atoms with Crippen molar-refractivity contribution in [2.45, 2.75) is 38.1 Å². The number of hydrogen-bond donors (Lipinski definition) is 3. The second kappa shape index (κ2) is 5.90. The van der Waals surface area contributed by atoms with Crippen molar-refractivity contribution < 1.29 is 4.79 Å². The van der Waals surface area contributed by atoms with Gasteiger partial charge in [0.25, 0.3) is 5.91 Å². The maximum atomic E-state index is 11.9. The van der Waals surface area contributed by atoms with Gasteiger partial charge in [0, 0.05) is 0 Å². The summed E-state index contributed by atoms with van der Waals surface area (Å²) >= 11 is 5.06. The molecule has 6 nitrogen and oxygen atoms in total. The first-order valence-corrected chi connectivity index (χ1v) is 6.55. The Morgan fingerprint density at radius 1 is 1.50 bits per heavy atom. The highest BCUT2D eigenvalue weighted by atomic mass is 32.1. The molecule has 7 heteroatoms. The second-order valence-corrected chi connectivity index (χ2v) is 5.08. The summed E-state index contributed by atoms with van der Waals surface area (Å²) in [5, 5.41) is 12.6. The SMILES string of the molecule is NC(=S)C(NC(=O)c1cn[nH]n1)C1CCCCC1. The van der Waals surface area contributed by atoms with E-state index >= 15 is 0 Å². The molecule has 1 unspecified atom stereocenters. The third-order valence-corrected chi connectivity index (χ3v) is 3.62. The lowest BCUT2D eigenvalue weighted by atomic mass is 9.84. The van der Waals surface area contributed by atoms with Crippen LogP contribution in [0.1, 0.15) is 42.6 Å². The summed E-state index contributed by atoms with van der Waals surface area (Å²) in [4.78, 5) is 12.3. The fourth-order valence-electron chi connectivity index (χ4n) is 2.41. The molecule has 1 aromatic rings. The van der Waals surface area contributed by atoms with Gasteiger partial charge >= 0.3 is 0 Å². The van der Waals surface area contributed by atoms with Crippen molar-refractivity contribution in [3.8, 4) is 0 Å². The van der Waals surface area contributed by atoms with E-state index in [0.29, 0.717) is 10.9 Å². The molecule has 0 bridgehead atoms. The monoisotopic (exact) mass is 267 g/mol. The fraction of sp³-hybridized carbons (Fsp3) is 0.636. The standard InChI is InChI=1S/C11H17N5OS/c12-10(18)9(7-4-2-1-3-5-7)14-11(17)8-6-13-16-15-8/h6-7,9H,1-5H2,(H2,12,18)(H,14,17)(H,13,15,16). The number of carbonyl (C=O) groups excluding carboxylic acids is 1. The number of hydrogen-bond acceptors (Lipinski definition) is 4. The highest BCUT2D eigenvalue weighted by molar-refractivity contribution is 7.80. The second-order valence-electron chi connectivity index (χ2n) is 4.61. The van der Waals surface area contributed by atoms with Crippen LogP contribution in [0.2, 0.25) is 0 Å². The Hall–Kier alpha value is -1.50. The highest BCUT2D eigenvalue weighted by Gasteiger charge is 2.27. The van der Waals surface area contributed by atoms with Gasteiger partial charge < -0.3 is 11.1 Å². The van der Waals surface area contributed by atoms with Crippen LogP contribution in [-0.2, 0) is 0 Å². The van der Waals surface area contributed by atoms with Crippen molar-refractivity contribution in [2.24, 2.45) is 11.7 Å². The lowest BCUT2D eigenvalue weighted by molar-refractivity contribution is 0.0927. The first-order valence-electron chi connectivity index (χ1n) is 6.14. The Balaban J connectivity index is 2.02. The number of H-pyrrole nitrogens is 1. The van der Waals surface area contributed by atoms with Gasteiger partial charge in [0.05, 0.1) is 17.2 Å². The predicted octanol–water partition coefficient (Wildman–Crippen LogP) is 0.769. The van der Waals surface area contributed by atoms with Gasteiger partial charge in [-0.1, -0.05) is 31.5 Å². The maximum absolute atomic E-state index is 11.9. The van der Waals surface area contributed by atoms with Crippen molar-refractivity contribution >= 4 is 23.1 Å². The van der Waals surface area contributed by atoms with E-state index < -0.39 is 0 Å². The van der Waals surface area contributed by atoms with Crippen LogP contribution in [0.4, 0.5) is 0 Å². The summed E-state index contributed by atoms with van der Waals surface area (Å²) in [5.41, 5.74) is 6.00. The van der Waals surface area contributed by atoms with Crippen molar-refractivity contribution in [2.75, 3.05) is 0 Å². The number of nitrogens with two attached hydrogens (primary N) is 1. The molecule has 0 aliphatic heterocycles. The van der Waals surface area contributed by atoms with Gasteiger partial charge in [-0.3, -0.25) is 4.79 Å². The van der Waals surface area contributed by atoms with Crippen molar-refractivity contribution in [1.82, 2.24) is 20.7 Å². The summed E-state index contributed by atoms with van der Waals surface area (Å²) in [5.74, 6) is 0.0548. The zero-order valence-electron chi connectivity index (χ0n) is 10.1. The number of aromatic nitrogens is 3. The van der Waals surface area contributed by atoms with E-state index in [-0.39, 0.29) is 17.6 Å². The Morgan fingerprint density at radius 2 is 2.22 bits per heavy atom. The van der Waals surface area contributed by atoms with Crippen LogP contribution in [0.25, 0.3) is 0 Å². The van der Waals surface area contributed by atoms with E-state index in [1.807, 2.05) is 0 Å². The first kappa shape index (κ1) is 12.9. The van der Waals surface area contributed by atoms with Crippen LogP contribution >= 0.6 is 12.2 Å². The number of thiocarbonyl (C=S) groups is 1. The average Bonchev–Trinajstić information content (AvgIpc) is 2.90. The fourth-order valence-corrected chi connectivity index (χ4v) is 2.67. The summed E-state index contributed by atoms with van der Waals surface area (Å²) in [7, 11) is 0. The smallest absolute Gasteiger partial charge is 0.274 e. The Morgan fingerprint density at radius 3 is 2.78 bits per heavy atom. The molecule has 1 fully saturated rings. The molecule has 0 spiro atoms. The van der Waals surface area contributed by atoms with Crippen LogP contribution in [0.15, 0.2) is 6.20 Å². The molecule has 1 aliphatic rings. The molecular weight excluding hydrogens is 250 g/mol. The molecule has 0 radical (unpaired) electrons. The van der Waals surface area contributed by atoms with Crippen molar-refractivity contribution in [1.29, 1.82) is 0 Å². The van der Waals surface area contributed by atoms with Crippen LogP contribution < -0.4 is 11.1 Å². The molecule has 0 aromatic carbocycles. The maximum Gasteiger partial charge on any atom is 0.274 e. The van der Waals surface area contributed by atoms with E-state index in [1.54, 1.807) is 0 Å². The van der Waals surface area contributed by atoms with E-state index in [0.717, 1.165) is 12.8 Å². The Kier molecular flexibility index (Phi) is 4.24. The van der Waals surface area contributed by atoms with Gasteiger partial charge in [-0.25, -0.2) is 0 Å². The van der Waals surface area contributed by atoms with Crippen LogP contribution in [0.5, 0.6) is 0 Å². The van der Waals surface area contributed by atoms with Crippen LogP contribution in [0, 0.1) is 5.92 Å². The number of carbonyl (C=O) groups is 1. The molecule has 1 atom stereocenters. The largest absolute Gasteiger partial charge is 0.392 e. The normalized spacial score (nSPS) is 18.2. The van der Waals surface area contributed by atoms with Gasteiger partial charge in [0.2, 0.25) is 0 Å². The lowest BCUT2D eigenvalue weighted by Crippen LogP contribution is -2.48. The lowest BCUT2D eigenvalue weighted by Gasteiger charge is -2.29. The highest BCUT2D eigenvalue weighted by Crippen LogP contribution is 2.26. The molecule has 1 amide bonds. The topological polar surface area (TPSA) is 96.7 Å². The van der Waals surface area contributed by atoms with Gasteiger partial charge in [0.15, 0.2) is 5.69 Å². The minimum Gasteiger partial charge on any atom is -0.392 e. The van der Waals surface area contributed by atoms with E-state index in [2.05, 4.69) is 20.7 Å². The summed E-state index contributed by atoms with van der Waals surface area (Å²) in [6, 6.07) is -0.246. The zero-order valence-corrected chi connectivity index (χ0v) is 10.9. The molecular formula is C11H17N5OS.